The highest BCUT2D eigenvalue weighted by molar-refractivity contribution is 5.71. The van der Waals surface area contributed by atoms with Gasteiger partial charge < -0.3 is 14.6 Å². The van der Waals surface area contributed by atoms with Crippen molar-refractivity contribution in [3.63, 3.8) is 0 Å². The largest absolute Gasteiger partial charge is 0.508 e. The van der Waals surface area contributed by atoms with Crippen LogP contribution in [0.1, 0.15) is 12.5 Å². The summed E-state index contributed by atoms with van der Waals surface area (Å²) in [7, 11) is 0. The third kappa shape index (κ3) is 3.50. The van der Waals surface area contributed by atoms with Gasteiger partial charge in [0.1, 0.15) is 11.5 Å². The Hall–Kier alpha value is -2.22. The second-order valence-corrected chi connectivity index (χ2v) is 2.92. The Kier molecular flexibility index (Phi) is 4.16. The van der Waals surface area contributed by atoms with Gasteiger partial charge in [0.05, 0.1) is 18.2 Å². The molecular formula is C11H11NO4. The highest BCUT2D eigenvalue weighted by atomic mass is 16.6. The van der Waals surface area contributed by atoms with Crippen molar-refractivity contribution in [3.05, 3.63) is 23.8 Å². The van der Waals surface area contributed by atoms with Gasteiger partial charge in [0.25, 0.3) is 0 Å². The molecule has 0 aromatic heterocycles. The molecule has 0 saturated heterocycles. The molecule has 0 aliphatic heterocycles. The normalized spacial score (nSPS) is 9.25. The monoisotopic (exact) mass is 221 g/mol. The molecule has 0 aliphatic rings. The molecule has 84 valence electrons. The summed E-state index contributed by atoms with van der Waals surface area (Å²) in [6.07, 6.45) is 0. The number of ether oxygens (including phenoxy) is 2. The van der Waals surface area contributed by atoms with Gasteiger partial charge in [-0.25, -0.2) is 4.79 Å². The molecule has 0 amide bonds. The zero-order valence-electron chi connectivity index (χ0n) is 8.77. The Balaban J connectivity index is 2.64. The lowest BCUT2D eigenvalue weighted by Gasteiger charge is -2.06. The third-order valence-corrected chi connectivity index (χ3v) is 1.68. The molecule has 0 bridgehead atoms. The van der Waals surface area contributed by atoms with Crippen molar-refractivity contribution in [3.8, 4) is 17.6 Å². The second kappa shape index (κ2) is 5.61. The number of aromatic hydroxyl groups is 1. The number of carbonyl (C=O) groups excluding carboxylic acids is 1. The van der Waals surface area contributed by atoms with Crippen LogP contribution in [0.2, 0.25) is 0 Å². The van der Waals surface area contributed by atoms with E-state index in [-0.39, 0.29) is 30.3 Å². The van der Waals surface area contributed by atoms with E-state index >= 15 is 0 Å². The highest BCUT2D eigenvalue weighted by Gasteiger charge is 2.05. The Labute approximate surface area is 92.8 Å². The van der Waals surface area contributed by atoms with Crippen molar-refractivity contribution in [2.45, 2.75) is 6.92 Å². The van der Waals surface area contributed by atoms with Crippen molar-refractivity contribution in [2.75, 3.05) is 13.2 Å². The summed E-state index contributed by atoms with van der Waals surface area (Å²) in [5, 5.41) is 17.9. The molecule has 1 aromatic rings. The third-order valence-electron chi connectivity index (χ3n) is 1.68. The van der Waals surface area contributed by atoms with Crippen molar-refractivity contribution in [1.29, 1.82) is 5.26 Å². The van der Waals surface area contributed by atoms with Gasteiger partial charge in [-0.3, -0.25) is 0 Å². The molecule has 0 heterocycles. The summed E-state index contributed by atoms with van der Waals surface area (Å²) in [6.45, 7) is 1.73. The number of nitrogens with zero attached hydrogens (tertiary/aromatic N) is 1. The first kappa shape index (κ1) is 11.9. The number of nitriles is 1. The Morgan fingerprint density at radius 1 is 1.50 bits per heavy atom. The van der Waals surface area contributed by atoms with Crippen molar-refractivity contribution in [1.82, 2.24) is 0 Å². The Morgan fingerprint density at radius 2 is 2.25 bits per heavy atom. The average molecular weight is 221 g/mol. The van der Waals surface area contributed by atoms with E-state index in [4.69, 9.17) is 10.00 Å². The molecule has 0 aliphatic carbocycles. The maximum Gasteiger partial charge on any atom is 0.344 e. The standard InChI is InChI=1S/C11H11NO4/c1-2-15-11(14)7-16-10-4-8(6-12)3-9(13)5-10/h3-5,13H,2,7H2,1H3. The number of phenolic OH excluding ortho intramolecular Hbond substituents is 1. The predicted molar refractivity (Wildman–Crippen MR) is 54.9 cm³/mol. The van der Waals surface area contributed by atoms with Gasteiger partial charge in [0, 0.05) is 6.07 Å². The summed E-state index contributed by atoms with van der Waals surface area (Å²) in [5.74, 6) is -0.327. The van der Waals surface area contributed by atoms with Gasteiger partial charge in [-0.2, -0.15) is 5.26 Å². The highest BCUT2D eigenvalue weighted by Crippen LogP contribution is 2.21. The summed E-state index contributed by atoms with van der Waals surface area (Å²) in [6, 6.07) is 5.92. The average Bonchev–Trinajstić information content (AvgIpc) is 2.26. The van der Waals surface area contributed by atoms with E-state index in [0.29, 0.717) is 0 Å². The number of esters is 1. The lowest BCUT2D eigenvalue weighted by molar-refractivity contribution is -0.145. The summed E-state index contributed by atoms with van der Waals surface area (Å²) >= 11 is 0. The zero-order chi connectivity index (χ0) is 12.0. The van der Waals surface area contributed by atoms with E-state index in [1.165, 1.54) is 18.2 Å². The topological polar surface area (TPSA) is 79.6 Å². The number of hydrogen-bond donors (Lipinski definition) is 1. The van der Waals surface area contributed by atoms with Crippen LogP contribution in [0.4, 0.5) is 0 Å². The van der Waals surface area contributed by atoms with Crippen molar-refractivity contribution >= 4 is 5.97 Å². The summed E-state index contributed by atoms with van der Waals surface area (Å²) in [5.41, 5.74) is 0.263. The molecule has 1 aromatic carbocycles. The zero-order valence-corrected chi connectivity index (χ0v) is 8.77. The van der Waals surface area contributed by atoms with Crippen LogP contribution in [0.3, 0.4) is 0 Å². The van der Waals surface area contributed by atoms with Crippen LogP contribution in [0.25, 0.3) is 0 Å². The van der Waals surface area contributed by atoms with E-state index in [0.717, 1.165) is 0 Å². The predicted octanol–water partition coefficient (Wildman–Crippen LogP) is 1.21. The molecule has 0 radical (unpaired) electrons. The summed E-state index contributed by atoms with van der Waals surface area (Å²) < 4.78 is 9.72. The first-order valence-corrected chi connectivity index (χ1v) is 4.68. The Bertz CT molecular complexity index is 422. The lowest BCUT2D eigenvalue weighted by Crippen LogP contribution is -2.14. The molecule has 0 fully saturated rings. The van der Waals surface area contributed by atoms with Crippen LogP contribution in [-0.4, -0.2) is 24.3 Å². The van der Waals surface area contributed by atoms with Crippen LogP contribution >= 0.6 is 0 Å². The van der Waals surface area contributed by atoms with Crippen molar-refractivity contribution in [2.24, 2.45) is 0 Å². The van der Waals surface area contributed by atoms with Crippen LogP contribution in [-0.2, 0) is 9.53 Å². The molecule has 1 rings (SSSR count). The van der Waals surface area contributed by atoms with E-state index < -0.39 is 5.97 Å². The van der Waals surface area contributed by atoms with E-state index in [2.05, 4.69) is 4.74 Å². The van der Waals surface area contributed by atoms with Crippen LogP contribution in [0.5, 0.6) is 11.5 Å². The van der Waals surface area contributed by atoms with Gasteiger partial charge in [-0.05, 0) is 19.1 Å². The molecule has 16 heavy (non-hydrogen) atoms. The molecular weight excluding hydrogens is 210 g/mol. The number of carbonyl (C=O) groups is 1. The smallest absolute Gasteiger partial charge is 0.344 e. The molecule has 0 unspecified atom stereocenters. The Morgan fingerprint density at radius 3 is 2.88 bits per heavy atom. The minimum Gasteiger partial charge on any atom is -0.508 e. The quantitative estimate of drug-likeness (QED) is 0.773. The first-order valence-electron chi connectivity index (χ1n) is 4.68. The van der Waals surface area contributed by atoms with Crippen molar-refractivity contribution < 1.29 is 19.4 Å². The number of phenols is 1. The maximum absolute atomic E-state index is 11.0. The van der Waals surface area contributed by atoms with E-state index in [1.54, 1.807) is 6.92 Å². The number of benzene rings is 1. The van der Waals surface area contributed by atoms with Crippen LogP contribution in [0, 0.1) is 11.3 Å². The van der Waals surface area contributed by atoms with Gasteiger partial charge in [-0.1, -0.05) is 0 Å². The van der Waals surface area contributed by atoms with Crippen LogP contribution in [0.15, 0.2) is 18.2 Å². The fourth-order valence-corrected chi connectivity index (χ4v) is 1.08. The SMILES string of the molecule is CCOC(=O)COc1cc(O)cc(C#N)c1. The number of rotatable bonds is 4. The van der Waals surface area contributed by atoms with E-state index in [1.807, 2.05) is 6.07 Å². The minimum absolute atomic E-state index is 0.0853. The molecule has 1 N–H and O–H groups in total. The van der Waals surface area contributed by atoms with Gasteiger partial charge in [-0.15, -0.1) is 0 Å². The second-order valence-electron chi connectivity index (χ2n) is 2.92. The first-order chi connectivity index (χ1) is 7.65. The summed E-state index contributed by atoms with van der Waals surface area (Å²) in [4.78, 5) is 11.0. The molecule has 0 atom stereocenters. The van der Waals surface area contributed by atoms with Gasteiger partial charge >= 0.3 is 5.97 Å². The minimum atomic E-state index is -0.496. The van der Waals surface area contributed by atoms with Gasteiger partial charge in [0.15, 0.2) is 6.61 Å². The molecule has 0 saturated carbocycles. The van der Waals surface area contributed by atoms with Gasteiger partial charge in [0.2, 0.25) is 0 Å². The fraction of sp³-hybridized carbons (Fsp3) is 0.273. The maximum atomic E-state index is 11.0. The molecule has 5 heteroatoms. The molecule has 5 nitrogen and oxygen atoms in total. The molecule has 0 spiro atoms. The fourth-order valence-electron chi connectivity index (χ4n) is 1.08. The lowest BCUT2D eigenvalue weighted by atomic mass is 10.2. The van der Waals surface area contributed by atoms with Crippen LogP contribution < -0.4 is 4.74 Å². The number of hydrogen-bond acceptors (Lipinski definition) is 5. The van der Waals surface area contributed by atoms with E-state index in [9.17, 15) is 9.90 Å².